The average molecular weight is 416 g/mol. The largest absolute Gasteiger partial charge is 0.507 e. The molecule has 4 heterocycles. The molecule has 4 aromatic rings. The Bertz CT molecular complexity index is 1200. The summed E-state index contributed by atoms with van der Waals surface area (Å²) in [4.78, 5) is 15.3. The van der Waals surface area contributed by atoms with Crippen LogP contribution >= 0.6 is 0 Å². The van der Waals surface area contributed by atoms with E-state index in [2.05, 4.69) is 49.2 Å². The monoisotopic (exact) mass is 416 g/mol. The number of fused-ring (bicyclic) bond motifs is 1. The van der Waals surface area contributed by atoms with Crippen LogP contribution in [0.2, 0.25) is 0 Å². The zero-order chi connectivity index (χ0) is 21.4. The number of nitrogens with one attached hydrogen (secondary N) is 1. The Balaban J connectivity index is 1.34. The molecule has 1 fully saturated rings. The van der Waals surface area contributed by atoms with E-state index in [0.29, 0.717) is 29.3 Å². The van der Waals surface area contributed by atoms with E-state index in [9.17, 15) is 5.11 Å². The fraction of sp³-hybridized carbons (Fsp3) is 0.318. The number of phenols is 1. The number of hydrogen-bond acceptors (Lipinski definition) is 8. The Morgan fingerprint density at radius 1 is 1.10 bits per heavy atom. The van der Waals surface area contributed by atoms with Gasteiger partial charge in [0.25, 0.3) is 0 Å². The Morgan fingerprint density at radius 3 is 2.77 bits per heavy atom. The molecule has 0 aliphatic carbocycles. The van der Waals surface area contributed by atoms with Gasteiger partial charge in [0.1, 0.15) is 11.4 Å². The Kier molecular flexibility index (Phi) is 4.95. The molecule has 0 amide bonds. The summed E-state index contributed by atoms with van der Waals surface area (Å²) >= 11 is 0. The lowest BCUT2D eigenvalue weighted by molar-refractivity contribution is 0.477. The van der Waals surface area contributed by atoms with Crippen molar-refractivity contribution in [3.63, 3.8) is 0 Å². The molecule has 9 nitrogen and oxygen atoms in total. The lowest BCUT2D eigenvalue weighted by atomic mass is 10.1. The summed E-state index contributed by atoms with van der Waals surface area (Å²) in [7, 11) is 0. The van der Waals surface area contributed by atoms with Gasteiger partial charge in [0.05, 0.1) is 18.1 Å². The van der Waals surface area contributed by atoms with Crippen LogP contribution in [0.4, 0.5) is 5.95 Å². The molecule has 0 spiro atoms. The molecule has 0 bridgehead atoms. The second kappa shape index (κ2) is 7.92. The number of aromatic hydroxyl groups is 1. The van der Waals surface area contributed by atoms with Crippen molar-refractivity contribution in [3.05, 3.63) is 49.2 Å². The molecule has 1 aliphatic rings. The fourth-order valence-corrected chi connectivity index (χ4v) is 3.97. The standard InChI is InChI=1S/C22H24N8O/c1-14(2)26-16-5-7-30(12-16)22-25-10-18(27-28-22)17-4-3-15(9-20(17)31)19-13-29-8-6-23-21(29)11-24-19/h3-4,6,8-11,13-14,16,26,31H,5,7,12H2,1-2H3. The van der Waals surface area contributed by atoms with Crippen molar-refractivity contribution in [2.75, 3.05) is 18.0 Å². The highest BCUT2D eigenvalue weighted by molar-refractivity contribution is 5.72. The van der Waals surface area contributed by atoms with Crippen molar-refractivity contribution in [2.24, 2.45) is 0 Å². The molecule has 0 radical (unpaired) electrons. The number of rotatable bonds is 5. The maximum absolute atomic E-state index is 10.6. The number of benzene rings is 1. The maximum Gasteiger partial charge on any atom is 0.245 e. The zero-order valence-electron chi connectivity index (χ0n) is 17.5. The molecule has 5 rings (SSSR count). The van der Waals surface area contributed by atoms with Crippen LogP contribution in [-0.4, -0.2) is 59.8 Å². The third-order valence-electron chi connectivity index (χ3n) is 5.44. The first-order valence-electron chi connectivity index (χ1n) is 10.4. The van der Waals surface area contributed by atoms with Gasteiger partial charge < -0.3 is 19.7 Å². The van der Waals surface area contributed by atoms with Crippen LogP contribution in [0.1, 0.15) is 20.3 Å². The van der Waals surface area contributed by atoms with Crippen LogP contribution in [0.5, 0.6) is 5.75 Å². The van der Waals surface area contributed by atoms with E-state index in [0.717, 1.165) is 36.4 Å². The van der Waals surface area contributed by atoms with Crippen LogP contribution in [0.3, 0.4) is 0 Å². The molecular weight excluding hydrogens is 392 g/mol. The number of anilines is 1. The minimum Gasteiger partial charge on any atom is -0.507 e. The Morgan fingerprint density at radius 2 is 2.00 bits per heavy atom. The first kappa shape index (κ1) is 19.4. The van der Waals surface area contributed by atoms with Gasteiger partial charge in [-0.25, -0.2) is 9.97 Å². The van der Waals surface area contributed by atoms with Crippen LogP contribution in [0.25, 0.3) is 28.2 Å². The van der Waals surface area contributed by atoms with Gasteiger partial charge in [-0.2, -0.15) is 0 Å². The van der Waals surface area contributed by atoms with Crippen LogP contribution in [0, 0.1) is 0 Å². The molecule has 158 valence electrons. The fourth-order valence-electron chi connectivity index (χ4n) is 3.97. The summed E-state index contributed by atoms with van der Waals surface area (Å²) in [6.45, 7) is 6.08. The molecule has 0 saturated carbocycles. The van der Waals surface area contributed by atoms with Crippen molar-refractivity contribution in [2.45, 2.75) is 32.4 Å². The second-order valence-electron chi connectivity index (χ2n) is 8.09. The van der Waals surface area contributed by atoms with E-state index in [4.69, 9.17) is 0 Å². The summed E-state index contributed by atoms with van der Waals surface area (Å²) < 4.78 is 1.89. The number of phenolic OH excluding ortho intramolecular Hbond substituents is 1. The van der Waals surface area contributed by atoms with Gasteiger partial charge in [0, 0.05) is 54.9 Å². The molecule has 1 saturated heterocycles. The predicted octanol–water partition coefficient (Wildman–Crippen LogP) is 2.53. The molecule has 2 N–H and O–H groups in total. The average Bonchev–Trinajstić information content (AvgIpc) is 3.42. The zero-order valence-corrected chi connectivity index (χ0v) is 17.5. The van der Waals surface area contributed by atoms with Crippen molar-refractivity contribution in [3.8, 4) is 28.3 Å². The first-order chi connectivity index (χ1) is 15.1. The lowest BCUT2D eigenvalue weighted by Crippen LogP contribution is -2.37. The summed E-state index contributed by atoms with van der Waals surface area (Å²) in [5, 5.41) is 22.8. The highest BCUT2D eigenvalue weighted by atomic mass is 16.3. The minimum absolute atomic E-state index is 0.108. The molecule has 1 aromatic carbocycles. The van der Waals surface area contributed by atoms with Crippen LogP contribution < -0.4 is 10.2 Å². The van der Waals surface area contributed by atoms with Gasteiger partial charge in [-0.1, -0.05) is 19.9 Å². The number of hydrogen-bond donors (Lipinski definition) is 2. The van der Waals surface area contributed by atoms with E-state index in [1.165, 1.54) is 0 Å². The summed E-state index contributed by atoms with van der Waals surface area (Å²) in [5.74, 6) is 0.724. The summed E-state index contributed by atoms with van der Waals surface area (Å²) in [5.41, 5.74) is 3.43. The molecule has 1 atom stereocenters. The van der Waals surface area contributed by atoms with Gasteiger partial charge in [-0.3, -0.25) is 4.98 Å². The third kappa shape index (κ3) is 3.91. The normalized spacial score (nSPS) is 16.5. The molecular formula is C22H24N8O. The highest BCUT2D eigenvalue weighted by Gasteiger charge is 2.25. The quantitative estimate of drug-likeness (QED) is 0.511. The van der Waals surface area contributed by atoms with Crippen molar-refractivity contribution >= 4 is 11.6 Å². The highest BCUT2D eigenvalue weighted by Crippen LogP contribution is 2.31. The second-order valence-corrected chi connectivity index (χ2v) is 8.09. The smallest absolute Gasteiger partial charge is 0.245 e. The van der Waals surface area contributed by atoms with Crippen molar-refractivity contribution in [1.29, 1.82) is 0 Å². The van der Waals surface area contributed by atoms with Gasteiger partial charge in [0.2, 0.25) is 5.95 Å². The maximum atomic E-state index is 10.6. The van der Waals surface area contributed by atoms with Gasteiger partial charge in [-0.15, -0.1) is 10.2 Å². The van der Waals surface area contributed by atoms with Crippen molar-refractivity contribution in [1.82, 2.24) is 34.9 Å². The lowest BCUT2D eigenvalue weighted by Gasteiger charge is -2.18. The van der Waals surface area contributed by atoms with E-state index >= 15 is 0 Å². The number of imidazole rings is 1. The van der Waals surface area contributed by atoms with E-state index in [1.54, 1.807) is 24.7 Å². The predicted molar refractivity (Wildman–Crippen MR) is 118 cm³/mol. The third-order valence-corrected chi connectivity index (χ3v) is 5.44. The van der Waals surface area contributed by atoms with Gasteiger partial charge in [-0.05, 0) is 18.6 Å². The van der Waals surface area contributed by atoms with Crippen molar-refractivity contribution < 1.29 is 5.11 Å². The van der Waals surface area contributed by atoms with E-state index < -0.39 is 0 Å². The van der Waals surface area contributed by atoms with Gasteiger partial charge >= 0.3 is 0 Å². The van der Waals surface area contributed by atoms with E-state index in [-0.39, 0.29) is 5.75 Å². The van der Waals surface area contributed by atoms with Crippen LogP contribution in [-0.2, 0) is 0 Å². The SMILES string of the molecule is CC(C)NC1CCN(c2ncc(-c3ccc(-c4cn5ccnc5cn4)cc3O)nn2)C1. The summed E-state index contributed by atoms with van der Waals surface area (Å²) in [6.07, 6.45) is 9.89. The summed E-state index contributed by atoms with van der Waals surface area (Å²) in [6, 6.07) is 6.29. The van der Waals surface area contributed by atoms with Crippen LogP contribution in [0.15, 0.2) is 49.2 Å². The van der Waals surface area contributed by atoms with E-state index in [1.807, 2.05) is 28.9 Å². The minimum atomic E-state index is 0.108. The molecule has 31 heavy (non-hydrogen) atoms. The number of nitrogens with zero attached hydrogens (tertiary/aromatic N) is 7. The first-order valence-corrected chi connectivity index (χ1v) is 10.4. The molecule has 3 aromatic heterocycles. The molecule has 1 aliphatic heterocycles. The molecule has 9 heteroatoms. The number of aromatic nitrogens is 6. The Labute approximate surface area is 179 Å². The molecule has 1 unspecified atom stereocenters. The topological polar surface area (TPSA) is 104 Å². The van der Waals surface area contributed by atoms with Gasteiger partial charge in [0.15, 0.2) is 5.65 Å². The Hall–Kier alpha value is -3.59.